The molecule has 0 aliphatic heterocycles. The minimum atomic E-state index is -3.64. The Labute approximate surface area is 146 Å². The van der Waals surface area contributed by atoms with Gasteiger partial charge in [0.1, 0.15) is 5.75 Å². The molecule has 2 aromatic rings. The van der Waals surface area contributed by atoms with E-state index in [1.807, 2.05) is 39.0 Å². The summed E-state index contributed by atoms with van der Waals surface area (Å²) in [5, 5.41) is 0. The third kappa shape index (κ3) is 3.53. The number of ether oxygens (including phenoxy) is 1. The Morgan fingerprint density at radius 3 is 2.39 bits per heavy atom. The highest BCUT2D eigenvalue weighted by Gasteiger charge is 2.25. The normalized spacial score (nSPS) is 11.3. The smallest absolute Gasteiger partial charge is 0.264 e. The molecule has 4 nitrogen and oxygen atoms in total. The van der Waals surface area contributed by atoms with Crippen molar-refractivity contribution in [2.24, 2.45) is 0 Å². The lowest BCUT2D eigenvalue weighted by atomic mass is 10.1. The first kappa shape index (κ1) is 17.8. The molecule has 0 radical (unpaired) electrons. The lowest BCUT2D eigenvalue weighted by molar-refractivity contribution is 0.411. The minimum absolute atomic E-state index is 0.230. The zero-order valence-electron chi connectivity index (χ0n) is 13.6. The van der Waals surface area contributed by atoms with Crippen LogP contribution in [0, 0.1) is 13.8 Å². The number of aryl methyl sites for hydroxylation is 2. The summed E-state index contributed by atoms with van der Waals surface area (Å²) in [6.07, 6.45) is 0. The molecule has 23 heavy (non-hydrogen) atoms. The second-order valence-electron chi connectivity index (χ2n) is 5.26. The number of nitrogens with zero attached hydrogens (tertiary/aromatic N) is 1. The van der Waals surface area contributed by atoms with Gasteiger partial charge in [0.15, 0.2) is 0 Å². The summed E-state index contributed by atoms with van der Waals surface area (Å²) in [6.45, 7) is 6.05. The van der Waals surface area contributed by atoms with Gasteiger partial charge in [0.25, 0.3) is 10.0 Å². The van der Waals surface area contributed by atoms with Crippen molar-refractivity contribution in [3.05, 3.63) is 52.0 Å². The molecular weight excluding hydrogens is 378 g/mol. The summed E-state index contributed by atoms with van der Waals surface area (Å²) < 4.78 is 33.3. The molecule has 0 aliphatic carbocycles. The van der Waals surface area contributed by atoms with Gasteiger partial charge < -0.3 is 4.74 Å². The van der Waals surface area contributed by atoms with E-state index in [1.165, 1.54) is 4.31 Å². The van der Waals surface area contributed by atoms with E-state index < -0.39 is 10.0 Å². The van der Waals surface area contributed by atoms with E-state index in [0.717, 1.165) is 11.1 Å². The van der Waals surface area contributed by atoms with E-state index in [-0.39, 0.29) is 4.90 Å². The van der Waals surface area contributed by atoms with Crippen LogP contribution in [0.2, 0.25) is 0 Å². The highest BCUT2D eigenvalue weighted by atomic mass is 79.9. The highest BCUT2D eigenvalue weighted by molar-refractivity contribution is 9.10. The highest BCUT2D eigenvalue weighted by Crippen LogP contribution is 2.32. The van der Waals surface area contributed by atoms with Crippen molar-refractivity contribution in [3.8, 4) is 5.75 Å². The Morgan fingerprint density at radius 1 is 1.13 bits per heavy atom. The van der Waals surface area contributed by atoms with Crippen LogP contribution in [0.15, 0.2) is 45.8 Å². The number of sulfonamides is 1. The number of anilines is 1. The summed E-state index contributed by atoms with van der Waals surface area (Å²) in [5.74, 6) is 0.596. The third-order valence-electron chi connectivity index (χ3n) is 3.63. The summed E-state index contributed by atoms with van der Waals surface area (Å²) in [6, 6.07) is 10.6. The predicted molar refractivity (Wildman–Crippen MR) is 96.8 cm³/mol. The van der Waals surface area contributed by atoms with Crippen molar-refractivity contribution in [3.63, 3.8) is 0 Å². The molecule has 0 bridgehead atoms. The zero-order valence-corrected chi connectivity index (χ0v) is 16.0. The van der Waals surface area contributed by atoms with Crippen molar-refractivity contribution < 1.29 is 13.2 Å². The standard InChI is InChI=1S/C17H20BrNO3S/c1-5-19(16-10-12(2)6-7-13(16)3)23(20,21)14-8-9-17(22-4)15(18)11-14/h6-11H,5H2,1-4H3. The monoisotopic (exact) mass is 397 g/mol. The Hall–Kier alpha value is -1.53. The lowest BCUT2D eigenvalue weighted by Crippen LogP contribution is -2.31. The predicted octanol–water partition coefficient (Wildman–Crippen LogP) is 4.29. The molecule has 0 N–H and O–H groups in total. The molecule has 6 heteroatoms. The summed E-state index contributed by atoms with van der Waals surface area (Å²) in [5.41, 5.74) is 2.66. The molecule has 0 atom stereocenters. The molecule has 0 fully saturated rings. The molecule has 2 aromatic carbocycles. The SMILES string of the molecule is CCN(c1cc(C)ccc1C)S(=O)(=O)c1ccc(OC)c(Br)c1. The van der Waals surface area contributed by atoms with E-state index in [4.69, 9.17) is 4.74 Å². The van der Waals surface area contributed by atoms with Crippen LogP contribution in [0.25, 0.3) is 0 Å². The van der Waals surface area contributed by atoms with Gasteiger partial charge in [-0.05, 0) is 72.1 Å². The van der Waals surface area contributed by atoms with Crippen molar-refractivity contribution >= 4 is 31.6 Å². The molecule has 0 unspecified atom stereocenters. The summed E-state index contributed by atoms with van der Waals surface area (Å²) >= 11 is 3.35. The second kappa shape index (κ2) is 6.93. The molecule has 0 heterocycles. The molecule has 0 spiro atoms. The van der Waals surface area contributed by atoms with Crippen LogP contribution in [-0.4, -0.2) is 22.1 Å². The largest absolute Gasteiger partial charge is 0.496 e. The Kier molecular flexibility index (Phi) is 5.37. The van der Waals surface area contributed by atoms with Crippen molar-refractivity contribution in [1.29, 1.82) is 0 Å². The molecule has 0 amide bonds. The van der Waals surface area contributed by atoms with Gasteiger partial charge in [0.05, 0.1) is 22.2 Å². The van der Waals surface area contributed by atoms with Gasteiger partial charge in [-0.25, -0.2) is 8.42 Å². The average Bonchev–Trinajstić information content (AvgIpc) is 2.51. The van der Waals surface area contributed by atoms with Crippen LogP contribution in [0.5, 0.6) is 5.75 Å². The number of hydrogen-bond donors (Lipinski definition) is 0. The first-order valence-electron chi connectivity index (χ1n) is 7.24. The number of halogens is 1. The lowest BCUT2D eigenvalue weighted by Gasteiger charge is -2.25. The van der Waals surface area contributed by atoms with Crippen molar-refractivity contribution in [2.45, 2.75) is 25.7 Å². The van der Waals surface area contributed by atoms with Crippen LogP contribution in [0.3, 0.4) is 0 Å². The van der Waals surface area contributed by atoms with Crippen molar-refractivity contribution in [1.82, 2.24) is 0 Å². The summed E-state index contributed by atoms with van der Waals surface area (Å²) in [7, 11) is -2.10. The second-order valence-corrected chi connectivity index (χ2v) is 7.97. The topological polar surface area (TPSA) is 46.6 Å². The maximum Gasteiger partial charge on any atom is 0.264 e. The van der Waals surface area contributed by atoms with Gasteiger partial charge in [-0.2, -0.15) is 0 Å². The van der Waals surface area contributed by atoms with Gasteiger partial charge >= 0.3 is 0 Å². The van der Waals surface area contributed by atoms with Gasteiger partial charge in [-0.15, -0.1) is 0 Å². The number of hydrogen-bond acceptors (Lipinski definition) is 3. The maximum absolute atomic E-state index is 13.0. The van der Waals surface area contributed by atoms with E-state index in [1.54, 1.807) is 25.3 Å². The van der Waals surface area contributed by atoms with Gasteiger partial charge in [-0.1, -0.05) is 12.1 Å². The van der Waals surface area contributed by atoms with Gasteiger partial charge in [0.2, 0.25) is 0 Å². The van der Waals surface area contributed by atoms with E-state index in [2.05, 4.69) is 15.9 Å². The zero-order chi connectivity index (χ0) is 17.2. The third-order valence-corrected chi connectivity index (χ3v) is 6.14. The average molecular weight is 398 g/mol. The Bertz CT molecular complexity index is 819. The minimum Gasteiger partial charge on any atom is -0.496 e. The van der Waals surface area contributed by atoms with Crippen LogP contribution < -0.4 is 9.04 Å². The molecular formula is C17H20BrNO3S. The number of methoxy groups -OCH3 is 1. The molecule has 124 valence electrons. The molecule has 0 aliphatic rings. The van der Waals surface area contributed by atoms with E-state index in [0.29, 0.717) is 22.5 Å². The molecule has 2 rings (SSSR count). The van der Waals surface area contributed by atoms with Crippen LogP contribution in [0.4, 0.5) is 5.69 Å². The van der Waals surface area contributed by atoms with E-state index >= 15 is 0 Å². The molecule has 0 saturated carbocycles. The Morgan fingerprint density at radius 2 is 1.83 bits per heavy atom. The first-order valence-corrected chi connectivity index (χ1v) is 9.48. The van der Waals surface area contributed by atoms with Crippen LogP contribution in [0.1, 0.15) is 18.1 Å². The maximum atomic E-state index is 13.0. The van der Waals surface area contributed by atoms with E-state index in [9.17, 15) is 8.42 Å². The first-order chi connectivity index (χ1) is 10.8. The number of benzene rings is 2. The van der Waals surface area contributed by atoms with Gasteiger partial charge in [-0.3, -0.25) is 4.31 Å². The van der Waals surface area contributed by atoms with Crippen LogP contribution in [-0.2, 0) is 10.0 Å². The number of rotatable bonds is 5. The van der Waals surface area contributed by atoms with Gasteiger partial charge in [0, 0.05) is 6.54 Å². The fraction of sp³-hybridized carbons (Fsp3) is 0.294. The Balaban J connectivity index is 2.55. The summed E-state index contributed by atoms with van der Waals surface area (Å²) in [4.78, 5) is 0.230. The fourth-order valence-electron chi connectivity index (χ4n) is 2.39. The molecule has 0 aromatic heterocycles. The quantitative estimate of drug-likeness (QED) is 0.755. The van der Waals surface area contributed by atoms with Crippen LogP contribution >= 0.6 is 15.9 Å². The van der Waals surface area contributed by atoms with Crippen molar-refractivity contribution in [2.75, 3.05) is 18.0 Å². The fourth-order valence-corrected chi connectivity index (χ4v) is 4.64. The molecule has 0 saturated heterocycles.